The van der Waals surface area contributed by atoms with Gasteiger partial charge in [-0.15, -0.1) is 11.3 Å². The van der Waals surface area contributed by atoms with Crippen LogP contribution in [-0.4, -0.2) is 4.98 Å². The molecular formula is C7H4NS. The van der Waals surface area contributed by atoms with Crippen LogP contribution in [0.15, 0.2) is 23.7 Å². The van der Waals surface area contributed by atoms with E-state index in [2.05, 4.69) is 17.2 Å². The van der Waals surface area contributed by atoms with Crippen LogP contribution in [0.1, 0.15) is 0 Å². The molecule has 0 N–H and O–H groups in total. The summed E-state index contributed by atoms with van der Waals surface area (Å²) in [6.07, 6.45) is 4.66. The SMILES string of the molecule is [c]1nccc2ccsc12. The van der Waals surface area contributed by atoms with E-state index in [0.717, 1.165) is 4.70 Å². The number of rotatable bonds is 0. The molecule has 0 saturated carbocycles. The van der Waals surface area contributed by atoms with Gasteiger partial charge in [0.25, 0.3) is 0 Å². The monoisotopic (exact) mass is 134 g/mol. The Bertz CT molecular complexity index is 283. The van der Waals surface area contributed by atoms with Crippen molar-refractivity contribution in [2.24, 2.45) is 0 Å². The van der Waals surface area contributed by atoms with E-state index in [1.54, 1.807) is 17.5 Å². The largest absolute Gasteiger partial charge is 0.253 e. The summed E-state index contributed by atoms with van der Waals surface area (Å²) < 4.78 is 1.14. The first-order chi connectivity index (χ1) is 4.47. The lowest BCUT2D eigenvalue weighted by Crippen LogP contribution is -1.65. The zero-order valence-corrected chi connectivity index (χ0v) is 5.48. The number of hydrogen-bond acceptors (Lipinski definition) is 2. The Labute approximate surface area is 57.0 Å². The summed E-state index contributed by atoms with van der Waals surface area (Å²) in [6, 6.07) is 4.06. The minimum Gasteiger partial charge on any atom is -0.253 e. The molecule has 0 bridgehead atoms. The van der Waals surface area contributed by atoms with Gasteiger partial charge in [0.05, 0.1) is 4.70 Å². The van der Waals surface area contributed by atoms with Gasteiger partial charge in [-0.25, -0.2) is 0 Å². The fourth-order valence-electron chi connectivity index (χ4n) is 0.755. The average molecular weight is 134 g/mol. The average Bonchev–Trinajstić information content (AvgIpc) is 2.33. The third-order valence-electron chi connectivity index (χ3n) is 1.19. The molecule has 1 radical (unpaired) electrons. The summed E-state index contributed by atoms with van der Waals surface area (Å²) in [6.45, 7) is 0. The van der Waals surface area contributed by atoms with Crippen LogP contribution in [0.3, 0.4) is 0 Å². The van der Waals surface area contributed by atoms with Crippen molar-refractivity contribution < 1.29 is 0 Å². The summed E-state index contributed by atoms with van der Waals surface area (Å²) in [4.78, 5) is 3.87. The lowest BCUT2D eigenvalue weighted by molar-refractivity contribution is 1.36. The molecule has 2 heterocycles. The molecule has 2 aromatic rings. The minimum atomic E-state index is 1.14. The minimum absolute atomic E-state index is 1.14. The Hall–Kier alpha value is -0.890. The van der Waals surface area contributed by atoms with E-state index in [1.807, 2.05) is 11.4 Å². The van der Waals surface area contributed by atoms with E-state index < -0.39 is 0 Å². The van der Waals surface area contributed by atoms with Crippen LogP contribution in [0.2, 0.25) is 0 Å². The van der Waals surface area contributed by atoms with E-state index in [-0.39, 0.29) is 0 Å². The highest BCUT2D eigenvalue weighted by Crippen LogP contribution is 2.17. The van der Waals surface area contributed by atoms with Crippen molar-refractivity contribution in [2.75, 3.05) is 0 Å². The molecule has 0 amide bonds. The van der Waals surface area contributed by atoms with Gasteiger partial charge in [-0.1, -0.05) is 0 Å². The maximum Gasteiger partial charge on any atom is 0.108 e. The van der Waals surface area contributed by atoms with Gasteiger partial charge in [-0.2, -0.15) is 0 Å². The Morgan fingerprint density at radius 2 is 2.44 bits per heavy atom. The third-order valence-corrected chi connectivity index (χ3v) is 2.03. The van der Waals surface area contributed by atoms with Gasteiger partial charge in [0, 0.05) is 6.20 Å². The first-order valence-corrected chi connectivity index (χ1v) is 3.55. The zero-order chi connectivity index (χ0) is 6.10. The number of thiophene rings is 1. The Morgan fingerprint density at radius 1 is 1.44 bits per heavy atom. The van der Waals surface area contributed by atoms with Crippen LogP contribution >= 0.6 is 11.3 Å². The van der Waals surface area contributed by atoms with Crippen LogP contribution < -0.4 is 0 Å². The molecule has 2 rings (SSSR count). The molecule has 0 saturated heterocycles. The number of aromatic nitrogens is 1. The Morgan fingerprint density at radius 3 is 3.33 bits per heavy atom. The lowest BCUT2D eigenvalue weighted by Gasteiger charge is -1.80. The Balaban J connectivity index is 2.95. The first kappa shape index (κ1) is 4.94. The first-order valence-electron chi connectivity index (χ1n) is 2.67. The normalized spacial score (nSPS) is 10.2. The summed E-state index contributed by atoms with van der Waals surface area (Å²) in [7, 11) is 0. The van der Waals surface area contributed by atoms with E-state index in [0.29, 0.717) is 0 Å². The Kier molecular flexibility index (Phi) is 0.993. The molecule has 0 aliphatic heterocycles. The van der Waals surface area contributed by atoms with E-state index in [4.69, 9.17) is 0 Å². The molecule has 0 aliphatic rings. The van der Waals surface area contributed by atoms with Crippen LogP contribution in [0.25, 0.3) is 10.1 Å². The van der Waals surface area contributed by atoms with E-state index in [1.165, 1.54) is 5.39 Å². The molecule has 43 valence electrons. The van der Waals surface area contributed by atoms with Gasteiger partial charge in [-0.05, 0) is 22.9 Å². The molecule has 0 fully saturated rings. The fraction of sp³-hybridized carbons (Fsp3) is 0. The fourth-order valence-corrected chi connectivity index (χ4v) is 1.48. The molecule has 0 spiro atoms. The zero-order valence-electron chi connectivity index (χ0n) is 4.66. The maximum atomic E-state index is 3.87. The third kappa shape index (κ3) is 0.715. The number of pyridine rings is 1. The quantitative estimate of drug-likeness (QED) is 0.537. The highest BCUT2D eigenvalue weighted by molar-refractivity contribution is 7.17. The van der Waals surface area contributed by atoms with Crippen LogP contribution in [0, 0.1) is 6.20 Å². The van der Waals surface area contributed by atoms with Gasteiger partial charge < -0.3 is 0 Å². The van der Waals surface area contributed by atoms with Crippen molar-refractivity contribution in [3.63, 3.8) is 0 Å². The lowest BCUT2D eigenvalue weighted by atomic mass is 10.3. The molecule has 1 nitrogen and oxygen atoms in total. The summed E-state index contributed by atoms with van der Waals surface area (Å²) in [5.41, 5.74) is 0. The van der Waals surface area contributed by atoms with E-state index >= 15 is 0 Å². The van der Waals surface area contributed by atoms with Crippen molar-refractivity contribution in [1.29, 1.82) is 0 Å². The summed E-state index contributed by atoms with van der Waals surface area (Å²) in [5, 5.41) is 3.28. The predicted octanol–water partition coefficient (Wildman–Crippen LogP) is 2.10. The van der Waals surface area contributed by atoms with Gasteiger partial charge in [-0.3, -0.25) is 4.98 Å². The second-order valence-corrected chi connectivity index (χ2v) is 2.68. The second kappa shape index (κ2) is 1.81. The van der Waals surface area contributed by atoms with Gasteiger partial charge in [0.2, 0.25) is 0 Å². The van der Waals surface area contributed by atoms with Gasteiger partial charge >= 0.3 is 0 Å². The predicted molar refractivity (Wildman–Crippen MR) is 38.5 cm³/mol. The van der Waals surface area contributed by atoms with E-state index in [9.17, 15) is 0 Å². The molecule has 0 atom stereocenters. The smallest absolute Gasteiger partial charge is 0.108 e. The summed E-state index contributed by atoms with van der Waals surface area (Å²) in [5.74, 6) is 0. The standard InChI is InChI=1S/C7H4NS/c1-3-8-5-7-6(1)2-4-9-7/h1-4H. The van der Waals surface area contributed by atoms with Crippen molar-refractivity contribution in [3.05, 3.63) is 29.9 Å². The molecule has 0 unspecified atom stereocenters. The highest BCUT2D eigenvalue weighted by atomic mass is 32.1. The van der Waals surface area contributed by atoms with Crippen molar-refractivity contribution in [1.82, 2.24) is 4.98 Å². The maximum absolute atomic E-state index is 3.87. The molecule has 0 aromatic carbocycles. The molecule has 9 heavy (non-hydrogen) atoms. The highest BCUT2D eigenvalue weighted by Gasteiger charge is 1.89. The van der Waals surface area contributed by atoms with Crippen molar-refractivity contribution in [2.45, 2.75) is 0 Å². The van der Waals surface area contributed by atoms with Gasteiger partial charge in [0.15, 0.2) is 0 Å². The summed E-state index contributed by atoms with van der Waals surface area (Å²) >= 11 is 1.67. The number of hydrogen-bond donors (Lipinski definition) is 0. The molecular weight excluding hydrogens is 130 g/mol. The van der Waals surface area contributed by atoms with Crippen molar-refractivity contribution >= 4 is 21.4 Å². The molecule has 0 aliphatic carbocycles. The van der Waals surface area contributed by atoms with Crippen LogP contribution in [0.5, 0.6) is 0 Å². The van der Waals surface area contributed by atoms with Crippen LogP contribution in [0.4, 0.5) is 0 Å². The number of nitrogens with zero attached hydrogens (tertiary/aromatic N) is 1. The topological polar surface area (TPSA) is 12.9 Å². The van der Waals surface area contributed by atoms with Crippen LogP contribution in [-0.2, 0) is 0 Å². The molecule has 2 heteroatoms. The number of fused-ring (bicyclic) bond motifs is 1. The molecule has 2 aromatic heterocycles. The van der Waals surface area contributed by atoms with Crippen molar-refractivity contribution in [3.8, 4) is 0 Å². The van der Waals surface area contributed by atoms with Gasteiger partial charge in [0.1, 0.15) is 6.20 Å². The second-order valence-electron chi connectivity index (χ2n) is 1.76.